The maximum Gasteiger partial charge on any atom is 0.164 e. The Balaban J connectivity index is 2.49. The van der Waals surface area contributed by atoms with E-state index in [9.17, 15) is 0 Å². The minimum absolute atomic E-state index is 0.666. The Labute approximate surface area is 126 Å². The predicted octanol–water partition coefficient (Wildman–Crippen LogP) is 1.04. The van der Waals surface area contributed by atoms with Crippen LogP contribution in [0.5, 0.6) is 17.2 Å². The van der Waals surface area contributed by atoms with E-state index in [-0.39, 0.29) is 0 Å². The first-order valence-electron chi connectivity index (χ1n) is 6.96. The zero-order valence-electron chi connectivity index (χ0n) is 13.3. The van der Waals surface area contributed by atoms with Crippen molar-refractivity contribution >= 4 is 0 Å². The van der Waals surface area contributed by atoms with E-state index < -0.39 is 0 Å². The van der Waals surface area contributed by atoms with Crippen LogP contribution in [0.4, 0.5) is 0 Å². The van der Waals surface area contributed by atoms with Crippen LogP contribution in [0.3, 0.4) is 0 Å². The average molecular weight is 298 g/mol. The Hall–Kier alpha value is -1.50. The molecule has 0 radical (unpaired) electrons. The number of nitrogens with one attached hydrogen (secondary N) is 2. The van der Waals surface area contributed by atoms with Crippen LogP contribution in [0, 0.1) is 0 Å². The summed E-state index contributed by atoms with van der Waals surface area (Å²) in [6, 6.07) is 3.77. The van der Waals surface area contributed by atoms with Gasteiger partial charge in [-0.3, -0.25) is 0 Å². The molecular formula is C15H26N2O4. The molecule has 6 nitrogen and oxygen atoms in total. The molecule has 0 atom stereocenters. The molecule has 1 rings (SSSR count). The molecule has 0 fully saturated rings. The molecule has 0 aliphatic heterocycles. The van der Waals surface area contributed by atoms with E-state index in [4.69, 9.17) is 18.9 Å². The number of rotatable bonds is 11. The molecule has 0 aromatic heterocycles. The molecule has 0 heterocycles. The van der Waals surface area contributed by atoms with Crippen LogP contribution < -0.4 is 24.8 Å². The normalized spacial score (nSPS) is 10.5. The van der Waals surface area contributed by atoms with Crippen molar-refractivity contribution in [2.75, 3.05) is 54.7 Å². The van der Waals surface area contributed by atoms with E-state index in [1.807, 2.05) is 12.1 Å². The number of benzene rings is 1. The fourth-order valence-electron chi connectivity index (χ4n) is 1.93. The van der Waals surface area contributed by atoms with Crippen LogP contribution in [0.2, 0.25) is 0 Å². The molecule has 0 spiro atoms. The summed E-state index contributed by atoms with van der Waals surface area (Å²) in [6.45, 7) is 4.04. The highest BCUT2D eigenvalue weighted by atomic mass is 16.5. The van der Waals surface area contributed by atoms with Gasteiger partial charge < -0.3 is 29.6 Å². The largest absolute Gasteiger partial charge is 0.496 e. The summed E-state index contributed by atoms with van der Waals surface area (Å²) in [5, 5.41) is 6.64. The first-order valence-corrected chi connectivity index (χ1v) is 6.96. The van der Waals surface area contributed by atoms with Crippen LogP contribution in [0.25, 0.3) is 0 Å². The SMILES string of the molecule is COCCNCCNCc1cc(OC)c(OC)cc1OC. The molecule has 0 bridgehead atoms. The van der Waals surface area contributed by atoms with Gasteiger partial charge in [-0.25, -0.2) is 0 Å². The third kappa shape index (κ3) is 5.79. The van der Waals surface area contributed by atoms with Crippen LogP contribution in [0.15, 0.2) is 12.1 Å². The second-order valence-corrected chi connectivity index (χ2v) is 4.44. The van der Waals surface area contributed by atoms with Gasteiger partial charge in [-0.05, 0) is 6.07 Å². The summed E-state index contributed by atoms with van der Waals surface area (Å²) < 4.78 is 20.9. The first kappa shape index (κ1) is 17.6. The van der Waals surface area contributed by atoms with Crippen molar-refractivity contribution in [3.63, 3.8) is 0 Å². The van der Waals surface area contributed by atoms with Gasteiger partial charge in [0.05, 0.1) is 27.9 Å². The summed E-state index contributed by atoms with van der Waals surface area (Å²) >= 11 is 0. The van der Waals surface area contributed by atoms with Crippen molar-refractivity contribution in [3.8, 4) is 17.2 Å². The fourth-order valence-corrected chi connectivity index (χ4v) is 1.93. The molecule has 0 saturated heterocycles. The maximum absolute atomic E-state index is 5.39. The van der Waals surface area contributed by atoms with Crippen LogP contribution in [-0.4, -0.2) is 54.7 Å². The topological polar surface area (TPSA) is 61.0 Å². The Morgan fingerprint density at radius 3 is 2.00 bits per heavy atom. The van der Waals surface area contributed by atoms with Crippen LogP contribution in [-0.2, 0) is 11.3 Å². The highest BCUT2D eigenvalue weighted by Gasteiger charge is 2.11. The number of hydrogen-bond donors (Lipinski definition) is 2. The van der Waals surface area contributed by atoms with E-state index in [1.165, 1.54) is 0 Å². The molecule has 0 aliphatic carbocycles. The molecule has 0 amide bonds. The lowest BCUT2D eigenvalue weighted by atomic mass is 10.1. The summed E-state index contributed by atoms with van der Waals surface area (Å²) in [6.07, 6.45) is 0. The van der Waals surface area contributed by atoms with Gasteiger partial charge in [-0.1, -0.05) is 0 Å². The van der Waals surface area contributed by atoms with Gasteiger partial charge >= 0.3 is 0 Å². The highest BCUT2D eigenvalue weighted by molar-refractivity contribution is 5.50. The Morgan fingerprint density at radius 2 is 1.38 bits per heavy atom. The van der Waals surface area contributed by atoms with Crippen molar-refractivity contribution in [2.45, 2.75) is 6.54 Å². The molecule has 120 valence electrons. The van der Waals surface area contributed by atoms with Crippen molar-refractivity contribution < 1.29 is 18.9 Å². The maximum atomic E-state index is 5.39. The molecule has 21 heavy (non-hydrogen) atoms. The fraction of sp³-hybridized carbons (Fsp3) is 0.600. The van der Waals surface area contributed by atoms with E-state index in [0.29, 0.717) is 18.0 Å². The lowest BCUT2D eigenvalue weighted by Gasteiger charge is -2.14. The second kappa shape index (κ2) is 10.3. The van der Waals surface area contributed by atoms with Gasteiger partial charge in [0.1, 0.15) is 5.75 Å². The van der Waals surface area contributed by atoms with Gasteiger partial charge in [0.15, 0.2) is 11.5 Å². The second-order valence-electron chi connectivity index (χ2n) is 4.44. The highest BCUT2D eigenvalue weighted by Crippen LogP contribution is 2.34. The molecule has 6 heteroatoms. The van der Waals surface area contributed by atoms with E-state index in [2.05, 4.69) is 10.6 Å². The van der Waals surface area contributed by atoms with Gasteiger partial charge in [-0.2, -0.15) is 0 Å². The molecule has 2 N–H and O–H groups in total. The third-order valence-corrected chi connectivity index (χ3v) is 3.06. The molecular weight excluding hydrogens is 272 g/mol. The summed E-state index contributed by atoms with van der Waals surface area (Å²) in [5.74, 6) is 2.15. The minimum atomic E-state index is 0.666. The standard InChI is InChI=1S/C15H26N2O4/c1-18-8-7-16-5-6-17-11-12-9-14(20-3)15(21-4)10-13(12)19-2/h9-10,16-17H,5-8,11H2,1-4H3. The number of methoxy groups -OCH3 is 4. The zero-order valence-corrected chi connectivity index (χ0v) is 13.3. The summed E-state index contributed by atoms with van der Waals surface area (Å²) in [7, 11) is 6.59. The predicted molar refractivity (Wildman–Crippen MR) is 82.6 cm³/mol. The smallest absolute Gasteiger partial charge is 0.164 e. The average Bonchev–Trinajstić information content (AvgIpc) is 2.53. The third-order valence-electron chi connectivity index (χ3n) is 3.06. The Bertz CT molecular complexity index is 413. The number of hydrogen-bond acceptors (Lipinski definition) is 6. The Morgan fingerprint density at radius 1 is 0.762 bits per heavy atom. The Kier molecular flexibility index (Phi) is 8.57. The van der Waals surface area contributed by atoms with Gasteiger partial charge in [0.2, 0.25) is 0 Å². The molecule has 0 aliphatic rings. The van der Waals surface area contributed by atoms with E-state index in [1.54, 1.807) is 28.4 Å². The lowest BCUT2D eigenvalue weighted by Crippen LogP contribution is -2.29. The monoisotopic (exact) mass is 298 g/mol. The van der Waals surface area contributed by atoms with E-state index in [0.717, 1.165) is 37.6 Å². The van der Waals surface area contributed by atoms with Crippen LogP contribution in [0.1, 0.15) is 5.56 Å². The lowest BCUT2D eigenvalue weighted by molar-refractivity contribution is 0.199. The first-order chi connectivity index (χ1) is 10.3. The van der Waals surface area contributed by atoms with Gasteiger partial charge in [0, 0.05) is 44.9 Å². The molecule has 1 aromatic carbocycles. The van der Waals surface area contributed by atoms with Crippen molar-refractivity contribution in [1.82, 2.24) is 10.6 Å². The minimum Gasteiger partial charge on any atom is -0.496 e. The summed E-state index contributed by atoms with van der Waals surface area (Å²) in [5.41, 5.74) is 1.03. The van der Waals surface area contributed by atoms with Gasteiger partial charge in [-0.15, -0.1) is 0 Å². The van der Waals surface area contributed by atoms with Crippen molar-refractivity contribution in [3.05, 3.63) is 17.7 Å². The van der Waals surface area contributed by atoms with Crippen LogP contribution >= 0.6 is 0 Å². The molecule has 0 saturated carbocycles. The van der Waals surface area contributed by atoms with Gasteiger partial charge in [0.25, 0.3) is 0 Å². The number of ether oxygens (including phenoxy) is 4. The summed E-state index contributed by atoms with van der Waals surface area (Å²) in [4.78, 5) is 0. The molecule has 0 unspecified atom stereocenters. The van der Waals surface area contributed by atoms with Crippen molar-refractivity contribution in [1.29, 1.82) is 0 Å². The quantitative estimate of drug-likeness (QED) is 0.595. The van der Waals surface area contributed by atoms with Crippen molar-refractivity contribution in [2.24, 2.45) is 0 Å². The zero-order chi connectivity index (χ0) is 15.5. The van der Waals surface area contributed by atoms with E-state index >= 15 is 0 Å². The molecule has 1 aromatic rings.